The number of nitrogens with one attached hydrogen (secondary N) is 1. The van der Waals surface area contributed by atoms with Crippen LogP contribution in [0.2, 0.25) is 0 Å². The van der Waals surface area contributed by atoms with Crippen LogP contribution in [0.1, 0.15) is 5.56 Å². The van der Waals surface area contributed by atoms with Crippen molar-refractivity contribution in [2.75, 3.05) is 0 Å². The fraction of sp³-hybridized carbons (Fsp3) is 0.125. The standard InChI is InChI=1S/C8H6ClNOS/c9-4-5-1-2-6-7(3-5)12-8(11)10-6/h1-3H,4H2,(H,10,11). The maximum absolute atomic E-state index is 10.9. The molecule has 0 fully saturated rings. The molecule has 1 N–H and O–H groups in total. The minimum Gasteiger partial charge on any atom is -0.312 e. The van der Waals surface area contributed by atoms with E-state index in [9.17, 15) is 4.79 Å². The Morgan fingerprint density at radius 3 is 3.08 bits per heavy atom. The molecule has 0 aliphatic heterocycles. The fourth-order valence-electron chi connectivity index (χ4n) is 1.07. The van der Waals surface area contributed by atoms with E-state index in [4.69, 9.17) is 11.6 Å². The summed E-state index contributed by atoms with van der Waals surface area (Å²) in [5.41, 5.74) is 1.93. The first-order valence-corrected chi connectivity index (χ1v) is 4.82. The largest absolute Gasteiger partial charge is 0.312 e. The van der Waals surface area contributed by atoms with E-state index >= 15 is 0 Å². The average Bonchev–Trinajstić information content (AvgIpc) is 2.43. The van der Waals surface area contributed by atoms with Crippen LogP contribution in [0, 0.1) is 0 Å². The molecular formula is C8H6ClNOS. The predicted molar refractivity (Wildman–Crippen MR) is 52.0 cm³/mol. The molecule has 4 heteroatoms. The van der Waals surface area contributed by atoms with E-state index in [2.05, 4.69) is 4.98 Å². The summed E-state index contributed by atoms with van der Waals surface area (Å²) >= 11 is 6.86. The van der Waals surface area contributed by atoms with Crippen LogP contribution in [0.15, 0.2) is 23.0 Å². The number of rotatable bonds is 1. The highest BCUT2D eigenvalue weighted by molar-refractivity contribution is 7.16. The first-order chi connectivity index (χ1) is 5.79. The molecular weight excluding hydrogens is 194 g/mol. The second-order valence-corrected chi connectivity index (χ2v) is 3.76. The number of alkyl halides is 1. The Bertz CT molecular complexity index is 459. The van der Waals surface area contributed by atoms with Gasteiger partial charge in [0, 0.05) is 5.88 Å². The zero-order valence-electron chi connectivity index (χ0n) is 6.13. The lowest BCUT2D eigenvalue weighted by Gasteiger charge is -1.92. The van der Waals surface area contributed by atoms with Crippen molar-refractivity contribution < 1.29 is 0 Å². The van der Waals surface area contributed by atoms with Crippen LogP contribution in [0.25, 0.3) is 10.2 Å². The third kappa shape index (κ3) is 1.26. The summed E-state index contributed by atoms with van der Waals surface area (Å²) in [7, 11) is 0. The molecule has 62 valence electrons. The number of fused-ring (bicyclic) bond motifs is 1. The summed E-state index contributed by atoms with van der Waals surface area (Å²) in [5, 5.41) is 0. The molecule has 0 aliphatic carbocycles. The summed E-state index contributed by atoms with van der Waals surface area (Å²) in [6.07, 6.45) is 0. The molecule has 0 aliphatic rings. The molecule has 2 rings (SSSR count). The second kappa shape index (κ2) is 2.92. The Morgan fingerprint density at radius 2 is 2.33 bits per heavy atom. The minimum atomic E-state index is -0.0169. The molecule has 0 atom stereocenters. The van der Waals surface area contributed by atoms with Crippen LogP contribution in [-0.2, 0) is 5.88 Å². The van der Waals surface area contributed by atoms with Gasteiger partial charge in [-0.25, -0.2) is 0 Å². The van der Waals surface area contributed by atoms with Crippen LogP contribution in [0.3, 0.4) is 0 Å². The van der Waals surface area contributed by atoms with E-state index in [1.807, 2.05) is 18.2 Å². The van der Waals surface area contributed by atoms with Crippen molar-refractivity contribution in [1.29, 1.82) is 0 Å². The number of H-pyrrole nitrogens is 1. The van der Waals surface area contributed by atoms with Gasteiger partial charge in [0.2, 0.25) is 0 Å². The SMILES string of the molecule is O=c1[nH]c2ccc(CCl)cc2s1. The maximum Gasteiger partial charge on any atom is 0.305 e. The van der Waals surface area contributed by atoms with Crippen LogP contribution in [0.5, 0.6) is 0 Å². The van der Waals surface area contributed by atoms with Crippen LogP contribution < -0.4 is 4.87 Å². The normalized spacial score (nSPS) is 10.8. The molecule has 2 nitrogen and oxygen atoms in total. The zero-order chi connectivity index (χ0) is 8.55. The topological polar surface area (TPSA) is 32.9 Å². The molecule has 1 aromatic heterocycles. The van der Waals surface area contributed by atoms with Crippen molar-refractivity contribution >= 4 is 33.2 Å². The lowest BCUT2D eigenvalue weighted by molar-refractivity contribution is 1.38. The van der Waals surface area contributed by atoms with Crippen molar-refractivity contribution in [2.45, 2.75) is 5.88 Å². The summed E-state index contributed by atoms with van der Waals surface area (Å²) in [4.78, 5) is 13.6. The quantitative estimate of drug-likeness (QED) is 0.703. The highest BCUT2D eigenvalue weighted by Crippen LogP contribution is 2.16. The van der Waals surface area contributed by atoms with E-state index in [1.165, 1.54) is 11.3 Å². The lowest BCUT2D eigenvalue weighted by atomic mass is 10.2. The molecule has 0 spiro atoms. The van der Waals surface area contributed by atoms with Gasteiger partial charge in [-0.1, -0.05) is 17.4 Å². The van der Waals surface area contributed by atoms with E-state index in [0.717, 1.165) is 15.8 Å². The summed E-state index contributed by atoms with van der Waals surface area (Å²) in [6.45, 7) is 0. The van der Waals surface area contributed by atoms with E-state index in [0.29, 0.717) is 5.88 Å². The van der Waals surface area contributed by atoms with Gasteiger partial charge in [-0.2, -0.15) is 0 Å². The van der Waals surface area contributed by atoms with Gasteiger partial charge >= 0.3 is 4.87 Å². The summed E-state index contributed by atoms with van der Waals surface area (Å²) < 4.78 is 0.971. The van der Waals surface area contributed by atoms with Crippen LogP contribution >= 0.6 is 22.9 Å². The number of halogens is 1. The third-order valence-corrected chi connectivity index (χ3v) is 2.79. The van der Waals surface area contributed by atoms with Gasteiger partial charge in [-0.05, 0) is 17.7 Å². The van der Waals surface area contributed by atoms with Crippen LogP contribution in [0.4, 0.5) is 0 Å². The van der Waals surface area contributed by atoms with Gasteiger partial charge in [-0.3, -0.25) is 4.79 Å². The molecule has 0 unspecified atom stereocenters. The second-order valence-electron chi connectivity index (χ2n) is 2.48. The number of benzene rings is 1. The molecule has 1 heterocycles. The first kappa shape index (κ1) is 7.83. The third-order valence-electron chi connectivity index (χ3n) is 1.64. The smallest absolute Gasteiger partial charge is 0.305 e. The Balaban J connectivity index is 2.74. The lowest BCUT2D eigenvalue weighted by Crippen LogP contribution is -1.89. The maximum atomic E-state index is 10.9. The fourth-order valence-corrected chi connectivity index (χ4v) is 2.04. The van der Waals surface area contributed by atoms with Gasteiger partial charge in [-0.15, -0.1) is 11.6 Å². The average molecular weight is 200 g/mol. The monoisotopic (exact) mass is 199 g/mol. The number of thiazole rings is 1. The van der Waals surface area contributed by atoms with E-state index < -0.39 is 0 Å². The van der Waals surface area contributed by atoms with Gasteiger partial charge in [0.1, 0.15) is 0 Å². The molecule has 2 aromatic rings. The first-order valence-electron chi connectivity index (χ1n) is 3.47. The summed E-state index contributed by atoms with van der Waals surface area (Å²) in [5.74, 6) is 0.488. The van der Waals surface area contributed by atoms with Crippen molar-refractivity contribution in [3.8, 4) is 0 Å². The van der Waals surface area contributed by atoms with Crippen molar-refractivity contribution in [3.05, 3.63) is 33.4 Å². The Kier molecular flexibility index (Phi) is 1.90. The molecule has 0 amide bonds. The highest BCUT2D eigenvalue weighted by Gasteiger charge is 1.98. The van der Waals surface area contributed by atoms with E-state index in [-0.39, 0.29) is 4.87 Å². The molecule has 12 heavy (non-hydrogen) atoms. The highest BCUT2D eigenvalue weighted by atomic mass is 35.5. The Morgan fingerprint density at radius 1 is 1.50 bits per heavy atom. The van der Waals surface area contributed by atoms with Crippen molar-refractivity contribution in [2.24, 2.45) is 0 Å². The molecule has 0 saturated heterocycles. The number of aromatic nitrogens is 1. The Hall–Kier alpha value is -0.800. The van der Waals surface area contributed by atoms with Gasteiger partial charge in [0.15, 0.2) is 0 Å². The number of hydrogen-bond acceptors (Lipinski definition) is 2. The molecule has 0 radical (unpaired) electrons. The van der Waals surface area contributed by atoms with E-state index in [1.54, 1.807) is 0 Å². The van der Waals surface area contributed by atoms with Gasteiger partial charge in [0.05, 0.1) is 10.2 Å². The zero-order valence-corrected chi connectivity index (χ0v) is 7.71. The number of hydrogen-bond donors (Lipinski definition) is 1. The van der Waals surface area contributed by atoms with Crippen molar-refractivity contribution in [1.82, 2.24) is 4.98 Å². The van der Waals surface area contributed by atoms with Crippen molar-refractivity contribution in [3.63, 3.8) is 0 Å². The van der Waals surface area contributed by atoms with Gasteiger partial charge < -0.3 is 4.98 Å². The molecule has 1 aromatic carbocycles. The van der Waals surface area contributed by atoms with Gasteiger partial charge in [0.25, 0.3) is 0 Å². The minimum absolute atomic E-state index is 0.0169. The Labute approximate surface area is 77.8 Å². The summed E-state index contributed by atoms with van der Waals surface area (Å²) in [6, 6.07) is 5.73. The number of aromatic amines is 1. The predicted octanol–water partition coefficient (Wildman–Crippen LogP) is 2.33. The molecule has 0 bridgehead atoms. The molecule has 0 saturated carbocycles. The van der Waals surface area contributed by atoms with Crippen LogP contribution in [-0.4, -0.2) is 4.98 Å².